The van der Waals surface area contributed by atoms with Crippen molar-refractivity contribution in [1.82, 2.24) is 5.32 Å². The van der Waals surface area contributed by atoms with E-state index in [1.54, 1.807) is 6.07 Å². The summed E-state index contributed by atoms with van der Waals surface area (Å²) in [7, 11) is 0. The Morgan fingerprint density at radius 1 is 1.29 bits per heavy atom. The number of hydrogen-bond acceptors (Lipinski definition) is 3. The quantitative estimate of drug-likeness (QED) is 0.583. The van der Waals surface area contributed by atoms with E-state index in [1.807, 2.05) is 25.1 Å². The average molecular weight is 235 g/mol. The molecule has 3 nitrogen and oxygen atoms in total. The lowest BCUT2D eigenvalue weighted by Gasteiger charge is -2.07. The Morgan fingerprint density at radius 3 is 2.76 bits per heavy atom. The summed E-state index contributed by atoms with van der Waals surface area (Å²) in [5.74, 6) is -0.224. The van der Waals surface area contributed by atoms with Gasteiger partial charge in [0.25, 0.3) is 0 Å². The van der Waals surface area contributed by atoms with Crippen molar-refractivity contribution in [2.24, 2.45) is 0 Å². The molecule has 94 valence electrons. The summed E-state index contributed by atoms with van der Waals surface area (Å²) in [6.45, 7) is 6.44. The van der Waals surface area contributed by atoms with Crippen LogP contribution in [0, 0.1) is 6.92 Å². The summed E-state index contributed by atoms with van der Waals surface area (Å²) < 4.78 is 5.21. The van der Waals surface area contributed by atoms with E-state index >= 15 is 0 Å². The van der Waals surface area contributed by atoms with Gasteiger partial charge < -0.3 is 10.1 Å². The predicted octanol–water partition coefficient (Wildman–Crippen LogP) is 2.54. The standard InChI is InChI=1S/C14H21NO2/c1-3-9-15-10-6-11-17-14(16)13-8-5-4-7-12(13)2/h4-5,7-8,15H,3,6,9-11H2,1-2H3. The highest BCUT2D eigenvalue weighted by molar-refractivity contribution is 5.90. The Hall–Kier alpha value is -1.35. The second-order valence-corrected chi connectivity index (χ2v) is 4.05. The summed E-state index contributed by atoms with van der Waals surface area (Å²) in [6, 6.07) is 7.49. The molecule has 0 unspecified atom stereocenters. The van der Waals surface area contributed by atoms with Crippen LogP contribution in [-0.4, -0.2) is 25.7 Å². The van der Waals surface area contributed by atoms with E-state index in [0.717, 1.165) is 31.5 Å². The van der Waals surface area contributed by atoms with E-state index in [1.165, 1.54) is 0 Å². The zero-order valence-electron chi connectivity index (χ0n) is 10.7. The maximum atomic E-state index is 11.7. The van der Waals surface area contributed by atoms with E-state index in [-0.39, 0.29) is 5.97 Å². The molecule has 1 N–H and O–H groups in total. The van der Waals surface area contributed by atoms with Crippen LogP contribution in [0.2, 0.25) is 0 Å². The van der Waals surface area contributed by atoms with E-state index in [0.29, 0.717) is 12.2 Å². The fourth-order valence-electron chi connectivity index (χ4n) is 1.54. The monoisotopic (exact) mass is 235 g/mol. The van der Waals surface area contributed by atoms with Crippen LogP contribution in [0.3, 0.4) is 0 Å². The number of carbonyl (C=O) groups is 1. The lowest BCUT2D eigenvalue weighted by Crippen LogP contribution is -2.18. The smallest absolute Gasteiger partial charge is 0.338 e. The minimum absolute atomic E-state index is 0.224. The van der Waals surface area contributed by atoms with Gasteiger partial charge in [-0.3, -0.25) is 0 Å². The van der Waals surface area contributed by atoms with E-state index < -0.39 is 0 Å². The molecule has 0 fully saturated rings. The molecule has 0 bridgehead atoms. The number of esters is 1. The van der Waals surface area contributed by atoms with Gasteiger partial charge in [-0.25, -0.2) is 4.79 Å². The third kappa shape index (κ3) is 5.00. The Morgan fingerprint density at radius 2 is 2.06 bits per heavy atom. The van der Waals surface area contributed by atoms with Gasteiger partial charge in [0.1, 0.15) is 0 Å². The van der Waals surface area contributed by atoms with Crippen molar-refractivity contribution >= 4 is 5.97 Å². The largest absolute Gasteiger partial charge is 0.462 e. The fraction of sp³-hybridized carbons (Fsp3) is 0.500. The maximum Gasteiger partial charge on any atom is 0.338 e. The van der Waals surface area contributed by atoms with Crippen molar-refractivity contribution in [2.45, 2.75) is 26.7 Å². The van der Waals surface area contributed by atoms with Crippen molar-refractivity contribution in [1.29, 1.82) is 0 Å². The molecule has 0 saturated carbocycles. The van der Waals surface area contributed by atoms with Gasteiger partial charge in [0.2, 0.25) is 0 Å². The number of nitrogens with one attached hydrogen (secondary N) is 1. The summed E-state index contributed by atoms with van der Waals surface area (Å²) in [5.41, 5.74) is 1.62. The minimum Gasteiger partial charge on any atom is -0.462 e. The zero-order chi connectivity index (χ0) is 12.5. The molecule has 0 atom stereocenters. The van der Waals surface area contributed by atoms with E-state index in [4.69, 9.17) is 4.74 Å². The third-order valence-corrected chi connectivity index (χ3v) is 2.52. The Balaban J connectivity index is 2.24. The Labute approximate surface area is 103 Å². The normalized spacial score (nSPS) is 10.2. The molecule has 0 heterocycles. The van der Waals surface area contributed by atoms with Crippen LogP contribution in [-0.2, 0) is 4.74 Å². The lowest BCUT2D eigenvalue weighted by molar-refractivity contribution is 0.0500. The molecular formula is C14H21NO2. The van der Waals surface area contributed by atoms with Crippen molar-refractivity contribution < 1.29 is 9.53 Å². The molecule has 0 aliphatic heterocycles. The second kappa shape index (κ2) is 7.85. The van der Waals surface area contributed by atoms with Gasteiger partial charge in [0.05, 0.1) is 12.2 Å². The van der Waals surface area contributed by atoms with Crippen LogP contribution in [0.25, 0.3) is 0 Å². The highest BCUT2D eigenvalue weighted by Crippen LogP contribution is 2.08. The molecule has 1 aromatic rings. The van der Waals surface area contributed by atoms with E-state index in [9.17, 15) is 4.79 Å². The Bertz CT molecular complexity index is 350. The van der Waals surface area contributed by atoms with Crippen LogP contribution >= 0.6 is 0 Å². The number of benzene rings is 1. The topological polar surface area (TPSA) is 38.3 Å². The molecule has 3 heteroatoms. The molecule has 1 rings (SSSR count). The van der Waals surface area contributed by atoms with Crippen molar-refractivity contribution in [3.05, 3.63) is 35.4 Å². The number of ether oxygens (including phenoxy) is 1. The summed E-state index contributed by atoms with van der Waals surface area (Å²) in [5, 5.41) is 3.27. The highest BCUT2D eigenvalue weighted by atomic mass is 16.5. The highest BCUT2D eigenvalue weighted by Gasteiger charge is 2.08. The first-order chi connectivity index (χ1) is 8.25. The molecule has 0 saturated heterocycles. The van der Waals surface area contributed by atoms with Crippen LogP contribution in [0.5, 0.6) is 0 Å². The molecular weight excluding hydrogens is 214 g/mol. The molecule has 0 aliphatic rings. The zero-order valence-corrected chi connectivity index (χ0v) is 10.7. The predicted molar refractivity (Wildman–Crippen MR) is 69.2 cm³/mol. The lowest BCUT2D eigenvalue weighted by atomic mass is 10.1. The van der Waals surface area contributed by atoms with Gasteiger partial charge in [-0.2, -0.15) is 0 Å². The molecule has 0 amide bonds. The first-order valence-electron chi connectivity index (χ1n) is 6.19. The van der Waals surface area contributed by atoms with Gasteiger partial charge >= 0.3 is 5.97 Å². The van der Waals surface area contributed by atoms with Crippen LogP contribution in [0.15, 0.2) is 24.3 Å². The van der Waals surface area contributed by atoms with Gasteiger partial charge in [-0.15, -0.1) is 0 Å². The first kappa shape index (κ1) is 13.7. The number of carbonyl (C=O) groups excluding carboxylic acids is 1. The van der Waals surface area contributed by atoms with Crippen LogP contribution in [0.1, 0.15) is 35.7 Å². The molecule has 0 aromatic heterocycles. The third-order valence-electron chi connectivity index (χ3n) is 2.52. The molecule has 0 spiro atoms. The van der Waals surface area contributed by atoms with Crippen LogP contribution in [0.4, 0.5) is 0 Å². The first-order valence-corrected chi connectivity index (χ1v) is 6.19. The summed E-state index contributed by atoms with van der Waals surface area (Å²) in [6.07, 6.45) is 1.99. The SMILES string of the molecule is CCCNCCCOC(=O)c1ccccc1C. The van der Waals surface area contributed by atoms with Crippen molar-refractivity contribution in [2.75, 3.05) is 19.7 Å². The van der Waals surface area contributed by atoms with Crippen LogP contribution < -0.4 is 5.32 Å². The summed E-state index contributed by atoms with van der Waals surface area (Å²) >= 11 is 0. The number of hydrogen-bond donors (Lipinski definition) is 1. The minimum atomic E-state index is -0.224. The van der Waals surface area contributed by atoms with Crippen molar-refractivity contribution in [3.63, 3.8) is 0 Å². The molecule has 17 heavy (non-hydrogen) atoms. The maximum absolute atomic E-state index is 11.7. The van der Waals surface area contributed by atoms with Gasteiger partial charge in [0, 0.05) is 0 Å². The molecule has 0 aliphatic carbocycles. The van der Waals surface area contributed by atoms with Gasteiger partial charge in [0.15, 0.2) is 0 Å². The Kier molecular flexibility index (Phi) is 6.33. The number of aryl methyl sites for hydroxylation is 1. The molecule has 0 radical (unpaired) electrons. The molecule has 1 aromatic carbocycles. The van der Waals surface area contributed by atoms with E-state index in [2.05, 4.69) is 12.2 Å². The second-order valence-electron chi connectivity index (χ2n) is 4.05. The number of rotatable bonds is 7. The van der Waals surface area contributed by atoms with Gasteiger partial charge in [-0.05, 0) is 44.5 Å². The van der Waals surface area contributed by atoms with Gasteiger partial charge in [-0.1, -0.05) is 25.1 Å². The average Bonchev–Trinajstić information content (AvgIpc) is 2.34. The van der Waals surface area contributed by atoms with Crippen molar-refractivity contribution in [3.8, 4) is 0 Å². The summed E-state index contributed by atoms with van der Waals surface area (Å²) in [4.78, 5) is 11.7. The fourth-order valence-corrected chi connectivity index (χ4v) is 1.54.